The molecule has 0 aromatic rings. The van der Waals surface area contributed by atoms with Crippen molar-refractivity contribution < 1.29 is 40.5 Å². The number of carbonyl (C=O) groups excluding carboxylic acids is 1. The van der Waals surface area contributed by atoms with Crippen molar-refractivity contribution in [3.05, 3.63) is 11.6 Å². The Morgan fingerprint density at radius 3 is 2.37 bits per heavy atom. The largest absolute Gasteiger partial charge is 0.393 e. The molecule has 8 nitrogen and oxygen atoms in total. The number of rotatable bonds is 6. The number of aliphatic hydroxyl groups excluding tert-OH is 4. The Kier molecular flexibility index (Phi) is 6.66. The number of carbonyl (C=O) groups is 1. The summed E-state index contributed by atoms with van der Waals surface area (Å²) in [5.41, 5.74) is -4.90. The van der Waals surface area contributed by atoms with Gasteiger partial charge in [0.15, 0.2) is 5.78 Å². The van der Waals surface area contributed by atoms with Crippen molar-refractivity contribution in [3.63, 3.8) is 0 Å². The van der Waals surface area contributed by atoms with Crippen molar-refractivity contribution in [3.8, 4) is 0 Å². The van der Waals surface area contributed by atoms with Crippen molar-refractivity contribution in [1.29, 1.82) is 0 Å². The van der Waals surface area contributed by atoms with E-state index in [0.717, 1.165) is 0 Å². The van der Waals surface area contributed by atoms with Crippen molar-refractivity contribution in [2.24, 2.45) is 28.6 Å². The molecule has 35 heavy (non-hydrogen) atoms. The van der Waals surface area contributed by atoms with E-state index in [1.807, 2.05) is 13.8 Å². The van der Waals surface area contributed by atoms with Crippen LogP contribution in [0.4, 0.5) is 0 Å². The third-order valence-electron chi connectivity index (χ3n) is 10.8. The molecule has 0 bridgehead atoms. The Morgan fingerprint density at radius 2 is 1.74 bits per heavy atom. The normalized spacial score (nSPS) is 47.6. The minimum absolute atomic E-state index is 0.0926. The van der Waals surface area contributed by atoms with Crippen LogP contribution < -0.4 is 0 Å². The van der Waals surface area contributed by atoms with E-state index in [2.05, 4.69) is 0 Å². The van der Waals surface area contributed by atoms with Crippen LogP contribution >= 0.6 is 0 Å². The molecule has 11 atom stereocenters. The molecule has 0 aromatic heterocycles. The molecule has 4 aliphatic rings. The minimum Gasteiger partial charge on any atom is -0.393 e. The number of hydrogen-bond donors (Lipinski definition) is 7. The Balaban J connectivity index is 1.64. The van der Waals surface area contributed by atoms with Crippen LogP contribution in [0.1, 0.15) is 79.1 Å². The molecule has 4 aliphatic carbocycles. The number of ketones is 1. The lowest BCUT2D eigenvalue weighted by Gasteiger charge is -2.60. The first kappa shape index (κ1) is 27.2. The van der Waals surface area contributed by atoms with Gasteiger partial charge in [0.1, 0.15) is 0 Å². The smallest absolute Gasteiger partial charge is 0.159 e. The van der Waals surface area contributed by atoms with Gasteiger partial charge in [-0.3, -0.25) is 4.79 Å². The van der Waals surface area contributed by atoms with Crippen molar-refractivity contribution in [2.45, 2.75) is 114 Å². The third kappa shape index (κ3) is 3.95. The average molecular weight is 497 g/mol. The van der Waals surface area contributed by atoms with Gasteiger partial charge >= 0.3 is 0 Å². The highest BCUT2D eigenvalue weighted by Crippen LogP contribution is 2.68. The lowest BCUT2D eigenvalue weighted by Crippen LogP contribution is -2.62. The quantitative estimate of drug-likeness (QED) is 0.285. The molecule has 3 saturated carbocycles. The van der Waals surface area contributed by atoms with Gasteiger partial charge in [-0.15, -0.1) is 0 Å². The summed E-state index contributed by atoms with van der Waals surface area (Å²) in [6.07, 6.45) is 1.37. The maximum Gasteiger partial charge on any atom is 0.159 e. The van der Waals surface area contributed by atoms with E-state index >= 15 is 0 Å². The van der Waals surface area contributed by atoms with Crippen LogP contribution in [0, 0.1) is 28.6 Å². The number of allylic oxidation sites excluding steroid dienone is 1. The summed E-state index contributed by atoms with van der Waals surface area (Å²) in [6.45, 7) is 6.54. The summed E-state index contributed by atoms with van der Waals surface area (Å²) < 4.78 is 0. The molecule has 0 heterocycles. The molecule has 0 saturated heterocycles. The monoisotopic (exact) mass is 496 g/mol. The van der Waals surface area contributed by atoms with Gasteiger partial charge in [0, 0.05) is 11.3 Å². The summed E-state index contributed by atoms with van der Waals surface area (Å²) in [7, 11) is 0. The maximum absolute atomic E-state index is 13.3. The number of hydrogen-bond acceptors (Lipinski definition) is 8. The first-order valence-electron chi connectivity index (χ1n) is 13.1. The summed E-state index contributed by atoms with van der Waals surface area (Å²) in [6, 6.07) is 0. The van der Waals surface area contributed by atoms with E-state index < -0.39 is 64.4 Å². The number of aliphatic hydroxyl groups is 7. The second kappa shape index (κ2) is 8.58. The highest BCUT2D eigenvalue weighted by molar-refractivity contribution is 5.95. The molecular weight excluding hydrogens is 452 g/mol. The predicted octanol–water partition coefficient (Wildman–Crippen LogP) is 0.826. The van der Waals surface area contributed by atoms with Gasteiger partial charge in [-0.2, -0.15) is 0 Å². The summed E-state index contributed by atoms with van der Waals surface area (Å²) in [4.78, 5) is 13.3. The van der Waals surface area contributed by atoms with Crippen molar-refractivity contribution >= 4 is 5.78 Å². The fraction of sp³-hybridized carbons (Fsp3) is 0.889. The van der Waals surface area contributed by atoms with Gasteiger partial charge < -0.3 is 35.7 Å². The Labute approximate surface area is 207 Å². The minimum atomic E-state index is -1.55. The zero-order valence-electron chi connectivity index (χ0n) is 21.4. The van der Waals surface area contributed by atoms with Crippen LogP contribution in [-0.4, -0.2) is 83.3 Å². The second-order valence-electron chi connectivity index (χ2n) is 13.0. The molecule has 0 aliphatic heterocycles. The van der Waals surface area contributed by atoms with Crippen LogP contribution in [-0.2, 0) is 4.79 Å². The molecule has 3 fully saturated rings. The van der Waals surface area contributed by atoms with Crippen LogP contribution in [0.5, 0.6) is 0 Å². The predicted molar refractivity (Wildman–Crippen MR) is 128 cm³/mol. The Bertz CT molecular complexity index is 882. The standard InChI is InChI=1S/C27H44O8/c1-23(33,14-28)8-7-22(32)26(4,34)21-6-10-27(35)16-11-18(29)17-12-19(30)20(31)13-24(17,2)15(16)5-9-25(21,27)3/h11,15,17,19-22,28,30-35H,5-10,12-14H2,1-4H3/t15-,17-,19-,20-,21-,22-,23-,24+,25+,26+,27+/m0/s1. The molecule has 0 unspecified atom stereocenters. The summed E-state index contributed by atoms with van der Waals surface area (Å²) in [5.74, 6) is -1.08. The average Bonchev–Trinajstić information content (AvgIpc) is 3.06. The van der Waals surface area contributed by atoms with Gasteiger partial charge in [-0.05, 0) is 94.1 Å². The van der Waals surface area contributed by atoms with E-state index in [4.69, 9.17) is 0 Å². The highest BCUT2D eigenvalue weighted by Gasteiger charge is 2.69. The van der Waals surface area contributed by atoms with Crippen LogP contribution in [0.2, 0.25) is 0 Å². The van der Waals surface area contributed by atoms with Crippen molar-refractivity contribution in [2.75, 3.05) is 6.61 Å². The summed E-state index contributed by atoms with van der Waals surface area (Å²) >= 11 is 0. The first-order valence-corrected chi connectivity index (χ1v) is 13.1. The number of fused-ring (bicyclic) bond motifs is 5. The molecular formula is C27H44O8. The topological polar surface area (TPSA) is 159 Å². The van der Waals surface area contributed by atoms with Crippen LogP contribution in [0.25, 0.3) is 0 Å². The fourth-order valence-corrected chi connectivity index (χ4v) is 8.36. The molecule has 0 radical (unpaired) electrons. The molecule has 0 aromatic carbocycles. The Morgan fingerprint density at radius 1 is 1.09 bits per heavy atom. The van der Waals surface area contributed by atoms with Crippen LogP contribution in [0.15, 0.2) is 11.6 Å². The summed E-state index contributed by atoms with van der Waals surface area (Å²) in [5, 5.41) is 74.9. The van der Waals surface area contributed by atoms with Crippen molar-refractivity contribution in [1.82, 2.24) is 0 Å². The van der Waals surface area contributed by atoms with E-state index in [0.29, 0.717) is 37.7 Å². The SMILES string of the molecule is C[C@@](O)(CO)CC[C@H](O)[C@](C)(O)[C@H]1CC[C@@]2(O)C3=CC(=O)[C@@H]4C[C@H](O)[C@@H](O)C[C@]4(C)[C@H]3CC[C@]12C. The molecule has 7 N–H and O–H groups in total. The van der Waals surface area contributed by atoms with Crippen LogP contribution in [0.3, 0.4) is 0 Å². The molecule has 0 spiro atoms. The fourth-order valence-electron chi connectivity index (χ4n) is 8.36. The Hall–Kier alpha value is -0.870. The third-order valence-corrected chi connectivity index (χ3v) is 10.8. The first-order chi connectivity index (χ1) is 16.0. The zero-order valence-corrected chi connectivity index (χ0v) is 21.4. The van der Waals surface area contributed by atoms with E-state index in [-0.39, 0.29) is 31.0 Å². The van der Waals surface area contributed by atoms with E-state index in [1.54, 1.807) is 13.0 Å². The van der Waals surface area contributed by atoms with E-state index in [9.17, 15) is 40.5 Å². The van der Waals surface area contributed by atoms with Gasteiger partial charge in [-0.25, -0.2) is 0 Å². The molecule has 200 valence electrons. The van der Waals surface area contributed by atoms with Gasteiger partial charge in [-0.1, -0.05) is 13.8 Å². The molecule has 0 amide bonds. The lowest BCUT2D eigenvalue weighted by atomic mass is 9.45. The maximum atomic E-state index is 13.3. The molecule has 4 rings (SSSR count). The van der Waals surface area contributed by atoms with Gasteiger partial charge in [0.25, 0.3) is 0 Å². The molecule has 8 heteroatoms. The zero-order chi connectivity index (χ0) is 26.2. The van der Waals surface area contributed by atoms with E-state index in [1.165, 1.54) is 6.92 Å². The van der Waals surface area contributed by atoms with Gasteiger partial charge in [0.05, 0.1) is 41.7 Å². The van der Waals surface area contributed by atoms with Gasteiger partial charge in [0.2, 0.25) is 0 Å². The lowest BCUT2D eigenvalue weighted by molar-refractivity contribution is -0.177. The highest BCUT2D eigenvalue weighted by atomic mass is 16.3. The second-order valence-corrected chi connectivity index (χ2v) is 13.0.